The van der Waals surface area contributed by atoms with Crippen LogP contribution in [0.5, 0.6) is 0 Å². The molecule has 3 rings (SSSR count). The van der Waals surface area contributed by atoms with Gasteiger partial charge in [-0.1, -0.05) is 30.3 Å². The molecule has 14 heavy (non-hydrogen) atoms. The van der Waals surface area contributed by atoms with Gasteiger partial charge in [0.2, 0.25) is 0 Å². The lowest BCUT2D eigenvalue weighted by molar-refractivity contribution is 0.0653. The van der Waals surface area contributed by atoms with Gasteiger partial charge >= 0.3 is 0 Å². The average Bonchev–Trinajstić information content (AvgIpc) is 2.58. The van der Waals surface area contributed by atoms with Gasteiger partial charge in [0, 0.05) is 25.2 Å². The van der Waals surface area contributed by atoms with E-state index in [4.69, 9.17) is 0 Å². The van der Waals surface area contributed by atoms with Crippen molar-refractivity contribution in [1.82, 2.24) is 10.2 Å². The topological polar surface area (TPSA) is 15.3 Å². The Labute approximate surface area is 84.9 Å². The highest BCUT2D eigenvalue weighted by Gasteiger charge is 2.41. The maximum Gasteiger partial charge on any atom is 0.0352 e. The van der Waals surface area contributed by atoms with Gasteiger partial charge in [-0.05, 0) is 18.5 Å². The number of rotatable bonds is 2. The smallest absolute Gasteiger partial charge is 0.0352 e. The summed E-state index contributed by atoms with van der Waals surface area (Å²) in [5.74, 6) is 0. The first kappa shape index (κ1) is 8.45. The van der Waals surface area contributed by atoms with Gasteiger partial charge in [0.1, 0.15) is 0 Å². The molecular weight excluding hydrogens is 172 g/mol. The lowest BCUT2D eigenvalue weighted by Crippen LogP contribution is -2.60. The van der Waals surface area contributed by atoms with E-state index in [0.29, 0.717) is 0 Å². The minimum Gasteiger partial charge on any atom is -0.311 e. The predicted octanol–water partition coefficient (Wildman–Crippen LogP) is 1.23. The SMILES string of the molecule is c1ccc(CN2CC3NCC[C@@H]32)cc1. The minimum atomic E-state index is 0.790. The summed E-state index contributed by atoms with van der Waals surface area (Å²) in [7, 11) is 0. The van der Waals surface area contributed by atoms with E-state index in [1.165, 1.54) is 25.1 Å². The number of nitrogens with zero attached hydrogens (tertiary/aromatic N) is 1. The summed E-state index contributed by atoms with van der Waals surface area (Å²) in [4.78, 5) is 2.58. The van der Waals surface area contributed by atoms with Crippen molar-refractivity contribution in [2.75, 3.05) is 13.1 Å². The third kappa shape index (κ3) is 1.35. The van der Waals surface area contributed by atoms with E-state index < -0.39 is 0 Å². The van der Waals surface area contributed by atoms with Crippen molar-refractivity contribution >= 4 is 0 Å². The summed E-state index contributed by atoms with van der Waals surface area (Å²) < 4.78 is 0. The van der Waals surface area contributed by atoms with Gasteiger partial charge in [-0.3, -0.25) is 4.90 Å². The van der Waals surface area contributed by atoms with Crippen LogP contribution in [0.2, 0.25) is 0 Å². The fourth-order valence-corrected chi connectivity index (χ4v) is 2.63. The number of nitrogens with one attached hydrogen (secondary N) is 1. The largest absolute Gasteiger partial charge is 0.311 e. The summed E-state index contributed by atoms with van der Waals surface area (Å²) in [6.07, 6.45) is 1.33. The normalized spacial score (nSPS) is 31.1. The monoisotopic (exact) mass is 188 g/mol. The van der Waals surface area contributed by atoms with Gasteiger partial charge in [0.05, 0.1) is 0 Å². The Morgan fingerprint density at radius 1 is 1.29 bits per heavy atom. The van der Waals surface area contributed by atoms with Crippen LogP contribution in [0.3, 0.4) is 0 Å². The lowest BCUT2D eigenvalue weighted by Gasteiger charge is -2.44. The first-order valence-corrected chi connectivity index (χ1v) is 5.45. The van der Waals surface area contributed by atoms with E-state index >= 15 is 0 Å². The van der Waals surface area contributed by atoms with E-state index in [9.17, 15) is 0 Å². The summed E-state index contributed by atoms with van der Waals surface area (Å²) in [6, 6.07) is 12.4. The summed E-state index contributed by atoms with van der Waals surface area (Å²) in [5, 5.41) is 3.53. The molecule has 0 amide bonds. The zero-order valence-corrected chi connectivity index (χ0v) is 8.32. The lowest BCUT2D eigenvalue weighted by atomic mass is 9.97. The number of likely N-dealkylation sites (tertiary alicyclic amines) is 1. The van der Waals surface area contributed by atoms with Crippen molar-refractivity contribution in [1.29, 1.82) is 0 Å². The van der Waals surface area contributed by atoms with E-state index in [0.717, 1.165) is 18.6 Å². The maximum absolute atomic E-state index is 3.53. The molecule has 0 aliphatic carbocycles. The molecular formula is C12H16N2. The molecule has 0 saturated carbocycles. The highest BCUT2D eigenvalue weighted by Crippen LogP contribution is 2.27. The molecule has 1 aromatic carbocycles. The van der Waals surface area contributed by atoms with Crippen LogP contribution >= 0.6 is 0 Å². The standard InChI is InChI=1S/C12H16N2/c1-2-4-10(5-3-1)8-14-9-11-12(14)6-7-13-11/h1-5,11-13H,6-9H2/t11?,12-/m0/s1. The molecule has 2 atom stereocenters. The zero-order chi connectivity index (χ0) is 9.38. The Balaban J connectivity index is 1.64. The Morgan fingerprint density at radius 3 is 2.93 bits per heavy atom. The summed E-state index contributed by atoms with van der Waals surface area (Å²) >= 11 is 0. The molecule has 1 aromatic rings. The first-order valence-electron chi connectivity index (χ1n) is 5.45. The molecule has 1 unspecified atom stereocenters. The van der Waals surface area contributed by atoms with Crippen molar-refractivity contribution in [3.63, 3.8) is 0 Å². The van der Waals surface area contributed by atoms with Crippen LogP contribution in [-0.4, -0.2) is 30.1 Å². The molecule has 2 aliphatic heterocycles. The molecule has 74 valence electrons. The second-order valence-corrected chi connectivity index (χ2v) is 4.33. The molecule has 2 heterocycles. The third-order valence-corrected chi connectivity index (χ3v) is 3.44. The van der Waals surface area contributed by atoms with Crippen molar-refractivity contribution in [3.05, 3.63) is 35.9 Å². The molecule has 2 nitrogen and oxygen atoms in total. The predicted molar refractivity (Wildman–Crippen MR) is 57.0 cm³/mol. The number of benzene rings is 1. The number of hydrogen-bond acceptors (Lipinski definition) is 2. The van der Waals surface area contributed by atoms with E-state index in [1.54, 1.807) is 0 Å². The van der Waals surface area contributed by atoms with E-state index in [2.05, 4.69) is 40.5 Å². The van der Waals surface area contributed by atoms with Gasteiger partial charge in [-0.25, -0.2) is 0 Å². The molecule has 2 aliphatic rings. The Bertz CT molecular complexity index is 309. The third-order valence-electron chi connectivity index (χ3n) is 3.44. The van der Waals surface area contributed by atoms with Gasteiger partial charge < -0.3 is 5.32 Å². The van der Waals surface area contributed by atoms with Gasteiger partial charge in [-0.2, -0.15) is 0 Å². The van der Waals surface area contributed by atoms with Crippen molar-refractivity contribution in [3.8, 4) is 0 Å². The Morgan fingerprint density at radius 2 is 2.14 bits per heavy atom. The second-order valence-electron chi connectivity index (χ2n) is 4.33. The zero-order valence-electron chi connectivity index (χ0n) is 8.32. The fourth-order valence-electron chi connectivity index (χ4n) is 2.63. The molecule has 2 fully saturated rings. The maximum atomic E-state index is 3.53. The highest BCUT2D eigenvalue weighted by molar-refractivity contribution is 5.16. The summed E-state index contributed by atoms with van der Waals surface area (Å²) in [5.41, 5.74) is 1.44. The van der Waals surface area contributed by atoms with Gasteiger partial charge in [0.25, 0.3) is 0 Å². The van der Waals surface area contributed by atoms with Crippen molar-refractivity contribution in [2.45, 2.75) is 25.0 Å². The average molecular weight is 188 g/mol. The second kappa shape index (κ2) is 3.37. The van der Waals surface area contributed by atoms with Crippen LogP contribution in [0, 0.1) is 0 Å². The molecule has 0 spiro atoms. The van der Waals surface area contributed by atoms with Crippen LogP contribution in [0.4, 0.5) is 0 Å². The quantitative estimate of drug-likeness (QED) is 0.751. The molecule has 0 aromatic heterocycles. The van der Waals surface area contributed by atoms with Gasteiger partial charge in [-0.15, -0.1) is 0 Å². The summed E-state index contributed by atoms with van der Waals surface area (Å²) in [6.45, 7) is 3.57. The van der Waals surface area contributed by atoms with Crippen molar-refractivity contribution < 1.29 is 0 Å². The molecule has 1 N–H and O–H groups in total. The molecule has 0 bridgehead atoms. The molecule has 2 saturated heterocycles. The van der Waals surface area contributed by atoms with Crippen LogP contribution in [0.1, 0.15) is 12.0 Å². The van der Waals surface area contributed by atoms with Crippen LogP contribution in [0.15, 0.2) is 30.3 Å². The Hall–Kier alpha value is -0.860. The van der Waals surface area contributed by atoms with Crippen LogP contribution in [-0.2, 0) is 6.54 Å². The minimum absolute atomic E-state index is 0.790. The van der Waals surface area contributed by atoms with E-state index in [1.807, 2.05) is 0 Å². The van der Waals surface area contributed by atoms with Crippen LogP contribution < -0.4 is 5.32 Å². The van der Waals surface area contributed by atoms with Gasteiger partial charge in [0.15, 0.2) is 0 Å². The van der Waals surface area contributed by atoms with E-state index in [-0.39, 0.29) is 0 Å². The van der Waals surface area contributed by atoms with Crippen LogP contribution in [0.25, 0.3) is 0 Å². The van der Waals surface area contributed by atoms with Crippen molar-refractivity contribution in [2.24, 2.45) is 0 Å². The molecule has 2 heteroatoms. The number of hydrogen-bond donors (Lipinski definition) is 1. The highest BCUT2D eigenvalue weighted by atomic mass is 15.3. The fraction of sp³-hybridized carbons (Fsp3) is 0.500. The number of fused-ring (bicyclic) bond motifs is 1. The Kier molecular flexibility index (Phi) is 2.03. The first-order chi connectivity index (χ1) is 6.93. The molecule has 0 radical (unpaired) electrons.